The van der Waals surface area contributed by atoms with Crippen LogP contribution < -0.4 is 15.2 Å². The Bertz CT molecular complexity index is 750. The summed E-state index contributed by atoms with van der Waals surface area (Å²) in [4.78, 5) is 37.1. The number of benzene rings is 1. The second-order valence-electron chi connectivity index (χ2n) is 7.01. The molecular formula is C21H30N2O6. The molecule has 0 fully saturated rings. The Morgan fingerprint density at radius 2 is 1.69 bits per heavy atom. The second-order valence-corrected chi connectivity index (χ2v) is 7.01. The minimum atomic E-state index is -0.893. The third-order valence-corrected chi connectivity index (χ3v) is 3.98. The molecule has 0 spiro atoms. The summed E-state index contributed by atoms with van der Waals surface area (Å²) in [5, 5.41) is 0. The summed E-state index contributed by atoms with van der Waals surface area (Å²) in [6, 6.07) is 4.91. The number of carbonyl (C=O) groups is 3. The first-order valence-electron chi connectivity index (χ1n) is 9.36. The Morgan fingerprint density at radius 3 is 2.21 bits per heavy atom. The van der Waals surface area contributed by atoms with Crippen LogP contribution in [-0.4, -0.2) is 54.6 Å². The molecule has 0 aliphatic heterocycles. The predicted molar refractivity (Wildman–Crippen MR) is 109 cm³/mol. The van der Waals surface area contributed by atoms with Crippen molar-refractivity contribution in [3.05, 3.63) is 29.8 Å². The fourth-order valence-corrected chi connectivity index (χ4v) is 2.80. The number of amides is 2. The van der Waals surface area contributed by atoms with Crippen molar-refractivity contribution in [3.63, 3.8) is 0 Å². The van der Waals surface area contributed by atoms with Crippen LogP contribution in [0.2, 0.25) is 0 Å². The number of ether oxygens (including phenoxy) is 3. The fraction of sp³-hybridized carbons (Fsp3) is 0.476. The van der Waals surface area contributed by atoms with Gasteiger partial charge in [-0.25, -0.2) is 4.79 Å². The molecule has 8 heteroatoms. The van der Waals surface area contributed by atoms with Crippen LogP contribution in [0.15, 0.2) is 24.3 Å². The van der Waals surface area contributed by atoms with E-state index < -0.39 is 18.0 Å². The monoisotopic (exact) mass is 406 g/mol. The molecule has 0 aromatic heterocycles. The highest BCUT2D eigenvalue weighted by molar-refractivity contribution is 5.90. The van der Waals surface area contributed by atoms with E-state index in [0.717, 1.165) is 0 Å². The molecule has 1 aromatic carbocycles. The zero-order valence-corrected chi connectivity index (χ0v) is 17.8. The van der Waals surface area contributed by atoms with Gasteiger partial charge < -0.3 is 24.8 Å². The fourth-order valence-electron chi connectivity index (χ4n) is 2.80. The Balaban J connectivity index is 2.78. The van der Waals surface area contributed by atoms with Gasteiger partial charge in [0.15, 0.2) is 24.2 Å². The summed E-state index contributed by atoms with van der Waals surface area (Å²) >= 11 is 0. The molecule has 0 radical (unpaired) electrons. The second kappa shape index (κ2) is 11.1. The number of hydrogen-bond donors (Lipinski definition) is 1. The molecule has 1 atom stereocenters. The van der Waals surface area contributed by atoms with E-state index in [1.165, 1.54) is 19.3 Å². The first-order valence-corrected chi connectivity index (χ1v) is 9.36. The molecule has 0 aliphatic rings. The molecule has 1 unspecified atom stereocenters. The maximum absolute atomic E-state index is 12.5. The number of carbonyl (C=O) groups excluding carboxylic acids is 3. The van der Waals surface area contributed by atoms with E-state index in [4.69, 9.17) is 19.9 Å². The molecule has 0 saturated carbocycles. The summed E-state index contributed by atoms with van der Waals surface area (Å²) in [7, 11) is 1.46. The lowest BCUT2D eigenvalue weighted by molar-refractivity contribution is -0.157. The normalized spacial score (nSPS) is 12.1. The van der Waals surface area contributed by atoms with Crippen LogP contribution in [-0.2, 0) is 19.1 Å². The molecule has 160 valence electrons. The standard InChI is InChI=1S/C21H30N2O6/c1-13(2)23(14(3)4)21(26)15(5)29-20(25)10-8-16-7-9-17(18(11-16)27-6)28-12-19(22)24/h7-11,13-15H,12H2,1-6H3,(H2,22,24)/b10-8+. The van der Waals surface area contributed by atoms with Gasteiger partial charge in [0.05, 0.1) is 7.11 Å². The topological polar surface area (TPSA) is 108 Å². The number of hydrogen-bond acceptors (Lipinski definition) is 6. The molecule has 0 heterocycles. The molecule has 0 saturated heterocycles. The first-order chi connectivity index (χ1) is 13.6. The number of nitrogens with two attached hydrogens (primary N) is 1. The third kappa shape index (κ3) is 7.48. The highest BCUT2D eigenvalue weighted by Crippen LogP contribution is 2.28. The van der Waals surface area contributed by atoms with E-state index in [0.29, 0.717) is 17.1 Å². The summed E-state index contributed by atoms with van der Waals surface area (Å²) in [6.45, 7) is 8.94. The van der Waals surface area contributed by atoms with Gasteiger partial charge in [-0.15, -0.1) is 0 Å². The molecule has 0 aliphatic carbocycles. The highest BCUT2D eigenvalue weighted by Gasteiger charge is 2.27. The van der Waals surface area contributed by atoms with E-state index in [2.05, 4.69) is 0 Å². The lowest BCUT2D eigenvalue weighted by Gasteiger charge is -2.32. The van der Waals surface area contributed by atoms with Crippen LogP contribution in [0.4, 0.5) is 0 Å². The quantitative estimate of drug-likeness (QED) is 0.471. The van der Waals surface area contributed by atoms with Gasteiger partial charge in [0, 0.05) is 18.2 Å². The van der Waals surface area contributed by atoms with Crippen molar-refractivity contribution in [2.24, 2.45) is 5.73 Å². The molecule has 1 aromatic rings. The van der Waals surface area contributed by atoms with Gasteiger partial charge in [-0.05, 0) is 58.4 Å². The van der Waals surface area contributed by atoms with Crippen molar-refractivity contribution in [1.82, 2.24) is 4.90 Å². The van der Waals surface area contributed by atoms with E-state index in [1.54, 1.807) is 30.0 Å². The van der Waals surface area contributed by atoms with E-state index in [9.17, 15) is 14.4 Å². The van der Waals surface area contributed by atoms with Crippen LogP contribution in [0.25, 0.3) is 6.08 Å². The van der Waals surface area contributed by atoms with E-state index in [1.807, 2.05) is 27.7 Å². The molecule has 2 amide bonds. The van der Waals surface area contributed by atoms with Gasteiger partial charge in [-0.3, -0.25) is 9.59 Å². The third-order valence-electron chi connectivity index (χ3n) is 3.98. The number of esters is 1. The lowest BCUT2D eigenvalue weighted by atomic mass is 10.2. The van der Waals surface area contributed by atoms with E-state index in [-0.39, 0.29) is 24.6 Å². The number of methoxy groups -OCH3 is 1. The van der Waals surface area contributed by atoms with Crippen molar-refractivity contribution in [1.29, 1.82) is 0 Å². The van der Waals surface area contributed by atoms with Gasteiger partial charge >= 0.3 is 5.97 Å². The van der Waals surface area contributed by atoms with Crippen molar-refractivity contribution < 1.29 is 28.6 Å². The van der Waals surface area contributed by atoms with Gasteiger partial charge in [-0.2, -0.15) is 0 Å². The Hall–Kier alpha value is -3.03. The Kier molecular flexibility index (Phi) is 9.18. The van der Waals surface area contributed by atoms with Crippen molar-refractivity contribution in [3.8, 4) is 11.5 Å². The van der Waals surface area contributed by atoms with Gasteiger partial charge in [0.25, 0.3) is 11.8 Å². The highest BCUT2D eigenvalue weighted by atomic mass is 16.5. The molecule has 2 N–H and O–H groups in total. The first kappa shape index (κ1) is 24.0. The summed E-state index contributed by atoms with van der Waals surface area (Å²) in [6.07, 6.45) is 1.87. The lowest BCUT2D eigenvalue weighted by Crippen LogP contribution is -2.47. The van der Waals surface area contributed by atoms with Crippen LogP contribution in [0.5, 0.6) is 11.5 Å². The minimum absolute atomic E-state index is 0.00181. The molecular weight excluding hydrogens is 376 g/mol. The van der Waals surface area contributed by atoms with Crippen LogP contribution in [0.1, 0.15) is 40.2 Å². The van der Waals surface area contributed by atoms with Gasteiger partial charge in [0.2, 0.25) is 0 Å². The maximum atomic E-state index is 12.5. The van der Waals surface area contributed by atoms with Crippen molar-refractivity contribution in [2.45, 2.75) is 52.8 Å². The maximum Gasteiger partial charge on any atom is 0.331 e. The molecule has 29 heavy (non-hydrogen) atoms. The predicted octanol–water partition coefficient (Wildman–Crippen LogP) is 2.15. The Labute approximate surface area is 171 Å². The van der Waals surface area contributed by atoms with Crippen LogP contribution >= 0.6 is 0 Å². The largest absolute Gasteiger partial charge is 0.493 e. The number of primary amides is 1. The van der Waals surface area contributed by atoms with Crippen molar-refractivity contribution >= 4 is 23.9 Å². The van der Waals surface area contributed by atoms with Gasteiger partial charge in [0.1, 0.15) is 0 Å². The summed E-state index contributed by atoms with van der Waals surface area (Å²) in [5.74, 6) is -0.737. The minimum Gasteiger partial charge on any atom is -0.493 e. The molecule has 0 bridgehead atoms. The average Bonchev–Trinajstić information content (AvgIpc) is 2.64. The van der Waals surface area contributed by atoms with E-state index >= 15 is 0 Å². The SMILES string of the molecule is COc1cc(/C=C/C(=O)OC(C)C(=O)N(C(C)C)C(C)C)ccc1OCC(N)=O. The van der Waals surface area contributed by atoms with Crippen LogP contribution in [0.3, 0.4) is 0 Å². The number of nitrogens with zero attached hydrogens (tertiary/aromatic N) is 1. The number of rotatable bonds is 10. The zero-order valence-electron chi connectivity index (χ0n) is 17.8. The zero-order chi connectivity index (χ0) is 22.1. The average molecular weight is 406 g/mol. The Morgan fingerprint density at radius 1 is 1.07 bits per heavy atom. The molecule has 8 nitrogen and oxygen atoms in total. The molecule has 1 rings (SSSR count). The van der Waals surface area contributed by atoms with Gasteiger partial charge in [-0.1, -0.05) is 6.07 Å². The summed E-state index contributed by atoms with van der Waals surface area (Å²) < 4.78 is 15.7. The van der Waals surface area contributed by atoms with Crippen molar-refractivity contribution in [2.75, 3.05) is 13.7 Å². The smallest absolute Gasteiger partial charge is 0.331 e. The summed E-state index contributed by atoms with van der Waals surface area (Å²) in [5.41, 5.74) is 5.71. The van der Waals surface area contributed by atoms with Crippen LogP contribution in [0, 0.1) is 0 Å².